The lowest BCUT2D eigenvalue weighted by atomic mass is 10.2. The molecule has 0 aliphatic heterocycles. The Morgan fingerprint density at radius 3 is 2.52 bits per heavy atom. The number of aromatic nitrogens is 4. The fourth-order valence-electron chi connectivity index (χ4n) is 2.35. The van der Waals surface area contributed by atoms with Crippen molar-refractivity contribution in [1.29, 1.82) is 0 Å². The zero-order valence-electron chi connectivity index (χ0n) is 12.3. The van der Waals surface area contributed by atoms with Gasteiger partial charge in [-0.2, -0.15) is 0 Å². The van der Waals surface area contributed by atoms with Crippen LogP contribution in [0.5, 0.6) is 0 Å². The minimum Gasteiger partial charge on any atom is -0.307 e. The smallest absolute Gasteiger partial charge is 0.160 e. The summed E-state index contributed by atoms with van der Waals surface area (Å²) in [4.78, 5) is 13.6. The van der Waals surface area contributed by atoms with Gasteiger partial charge in [0.2, 0.25) is 0 Å². The highest BCUT2D eigenvalue weighted by Crippen LogP contribution is 2.24. The van der Waals surface area contributed by atoms with Gasteiger partial charge in [-0.25, -0.2) is 9.97 Å². The third kappa shape index (κ3) is 2.76. The summed E-state index contributed by atoms with van der Waals surface area (Å²) in [7, 11) is 0. The quantitative estimate of drug-likeness (QED) is 0.691. The highest BCUT2D eigenvalue weighted by Gasteiger charge is 2.16. The van der Waals surface area contributed by atoms with Crippen LogP contribution in [0.25, 0.3) is 11.2 Å². The molecule has 0 radical (unpaired) electrons. The number of fused-ring (bicyclic) bond motifs is 1. The van der Waals surface area contributed by atoms with E-state index in [1.165, 1.54) is 0 Å². The van der Waals surface area contributed by atoms with Gasteiger partial charge in [0.05, 0.1) is 11.9 Å². The van der Waals surface area contributed by atoms with Crippen molar-refractivity contribution in [2.24, 2.45) is 0 Å². The Bertz CT molecular complexity index is 775. The van der Waals surface area contributed by atoms with Crippen molar-refractivity contribution in [2.75, 3.05) is 0 Å². The molecule has 3 aromatic rings. The lowest BCUT2D eigenvalue weighted by Gasteiger charge is -2.10. The van der Waals surface area contributed by atoms with Gasteiger partial charge < -0.3 is 4.57 Å². The molecule has 0 aliphatic rings. The predicted molar refractivity (Wildman–Crippen MR) is 84.6 cm³/mol. The molecule has 0 spiro atoms. The summed E-state index contributed by atoms with van der Waals surface area (Å²) >= 11 is 6.28. The lowest BCUT2D eigenvalue weighted by molar-refractivity contribution is 0.733. The summed E-state index contributed by atoms with van der Waals surface area (Å²) in [5, 5.41) is -0.169. The Balaban J connectivity index is 2.12. The van der Waals surface area contributed by atoms with Gasteiger partial charge in [0.15, 0.2) is 5.65 Å². The Morgan fingerprint density at radius 2 is 1.86 bits per heavy atom. The predicted octanol–water partition coefficient (Wildman–Crippen LogP) is 3.79. The van der Waals surface area contributed by atoms with Gasteiger partial charge in [-0.05, 0) is 44.5 Å². The van der Waals surface area contributed by atoms with Crippen LogP contribution < -0.4 is 0 Å². The molecule has 0 aliphatic carbocycles. The number of hydrogen-bond acceptors (Lipinski definition) is 3. The first-order chi connectivity index (χ1) is 10.0. The normalized spacial score (nSPS) is 12.8. The van der Waals surface area contributed by atoms with E-state index in [2.05, 4.69) is 25.6 Å². The molecule has 4 nitrogen and oxygen atoms in total. The number of rotatable bonds is 3. The van der Waals surface area contributed by atoms with Crippen molar-refractivity contribution in [3.8, 4) is 0 Å². The Labute approximate surface area is 128 Å². The Kier molecular flexibility index (Phi) is 3.64. The molecule has 21 heavy (non-hydrogen) atoms. The molecule has 1 atom stereocenters. The second-order valence-corrected chi connectivity index (χ2v) is 5.93. The monoisotopic (exact) mass is 300 g/mol. The third-order valence-electron chi connectivity index (χ3n) is 3.43. The average Bonchev–Trinajstić information content (AvgIpc) is 2.80. The van der Waals surface area contributed by atoms with Crippen LogP contribution in [0.15, 0.2) is 30.5 Å². The van der Waals surface area contributed by atoms with Crippen molar-refractivity contribution in [3.63, 3.8) is 0 Å². The topological polar surface area (TPSA) is 43.6 Å². The molecule has 0 bridgehead atoms. The highest BCUT2D eigenvalue weighted by molar-refractivity contribution is 6.20. The largest absolute Gasteiger partial charge is 0.307 e. The molecule has 108 valence electrons. The molecule has 1 unspecified atom stereocenters. The van der Waals surface area contributed by atoms with Gasteiger partial charge in [-0.1, -0.05) is 6.07 Å². The number of imidazole rings is 1. The molecule has 0 saturated heterocycles. The second-order valence-electron chi connectivity index (χ2n) is 5.28. The van der Waals surface area contributed by atoms with Crippen molar-refractivity contribution in [1.82, 2.24) is 19.5 Å². The lowest BCUT2D eigenvalue weighted by Crippen LogP contribution is -2.07. The molecule has 3 aromatic heterocycles. The number of halogens is 1. The average molecular weight is 301 g/mol. The second kappa shape index (κ2) is 5.45. The van der Waals surface area contributed by atoms with Crippen molar-refractivity contribution in [2.45, 2.75) is 32.7 Å². The van der Waals surface area contributed by atoms with E-state index in [0.29, 0.717) is 6.54 Å². The van der Waals surface area contributed by atoms with Crippen molar-refractivity contribution in [3.05, 3.63) is 53.2 Å². The van der Waals surface area contributed by atoms with Crippen LogP contribution in [0.2, 0.25) is 0 Å². The maximum atomic E-state index is 6.28. The van der Waals surface area contributed by atoms with Gasteiger partial charge in [-0.3, -0.25) is 4.98 Å². The molecule has 0 fully saturated rings. The van der Waals surface area contributed by atoms with E-state index in [-0.39, 0.29) is 5.38 Å². The first-order valence-electron chi connectivity index (χ1n) is 6.94. The van der Waals surface area contributed by atoms with E-state index >= 15 is 0 Å². The zero-order valence-corrected chi connectivity index (χ0v) is 13.1. The van der Waals surface area contributed by atoms with Crippen molar-refractivity contribution >= 4 is 22.8 Å². The molecule has 3 heterocycles. The first kappa shape index (κ1) is 14.0. The van der Waals surface area contributed by atoms with E-state index < -0.39 is 0 Å². The summed E-state index contributed by atoms with van der Waals surface area (Å²) in [6, 6.07) is 8.05. The van der Waals surface area contributed by atoms with Crippen LogP contribution in [0.1, 0.15) is 35.1 Å². The van der Waals surface area contributed by atoms with Gasteiger partial charge >= 0.3 is 0 Å². The fraction of sp³-hybridized carbons (Fsp3) is 0.312. The minimum atomic E-state index is -0.169. The van der Waals surface area contributed by atoms with Crippen LogP contribution in [0, 0.1) is 13.8 Å². The molecule has 0 aromatic carbocycles. The standard InChI is InChI=1S/C16H17ClN4/c1-10-4-6-13(8-18-10)9-21-15(12(3)17)20-14-7-5-11(2)19-16(14)21/h4-8,12H,9H2,1-3H3. The summed E-state index contributed by atoms with van der Waals surface area (Å²) < 4.78 is 2.08. The SMILES string of the molecule is Cc1ccc(Cn2c(C(C)Cl)nc3ccc(C)nc32)cn1. The molecule has 0 N–H and O–H groups in total. The Morgan fingerprint density at radius 1 is 1.10 bits per heavy atom. The van der Waals surface area contributed by atoms with Crippen LogP contribution in [-0.4, -0.2) is 19.5 Å². The summed E-state index contributed by atoms with van der Waals surface area (Å²) in [6.07, 6.45) is 1.89. The van der Waals surface area contributed by atoms with Gasteiger partial charge in [-0.15, -0.1) is 11.6 Å². The van der Waals surface area contributed by atoms with Crippen LogP contribution in [-0.2, 0) is 6.54 Å². The van der Waals surface area contributed by atoms with Gasteiger partial charge in [0.1, 0.15) is 11.3 Å². The number of aryl methyl sites for hydroxylation is 2. The number of alkyl halides is 1. The van der Waals surface area contributed by atoms with E-state index in [0.717, 1.165) is 33.9 Å². The number of nitrogens with zero attached hydrogens (tertiary/aromatic N) is 4. The van der Waals surface area contributed by atoms with Crippen LogP contribution in [0.3, 0.4) is 0 Å². The maximum Gasteiger partial charge on any atom is 0.160 e. The number of pyridine rings is 2. The Hall–Kier alpha value is -1.94. The highest BCUT2D eigenvalue weighted by atomic mass is 35.5. The van der Waals surface area contributed by atoms with Gasteiger partial charge in [0.25, 0.3) is 0 Å². The third-order valence-corrected chi connectivity index (χ3v) is 3.63. The summed E-state index contributed by atoms with van der Waals surface area (Å²) in [5.41, 5.74) is 4.84. The van der Waals surface area contributed by atoms with Gasteiger partial charge in [0, 0.05) is 17.6 Å². The summed E-state index contributed by atoms with van der Waals surface area (Å²) in [5.74, 6) is 0.838. The first-order valence-corrected chi connectivity index (χ1v) is 7.37. The summed E-state index contributed by atoms with van der Waals surface area (Å²) in [6.45, 7) is 6.56. The molecule has 0 amide bonds. The van der Waals surface area contributed by atoms with E-state index in [1.807, 2.05) is 45.2 Å². The van der Waals surface area contributed by atoms with Crippen LogP contribution in [0.4, 0.5) is 0 Å². The molecule has 3 rings (SSSR count). The number of hydrogen-bond donors (Lipinski definition) is 0. The molecular formula is C16H17ClN4. The minimum absolute atomic E-state index is 0.169. The fourth-order valence-corrected chi connectivity index (χ4v) is 2.51. The van der Waals surface area contributed by atoms with Crippen LogP contribution >= 0.6 is 11.6 Å². The molecular weight excluding hydrogens is 284 g/mol. The van der Waals surface area contributed by atoms with E-state index in [1.54, 1.807) is 0 Å². The van der Waals surface area contributed by atoms with Crippen molar-refractivity contribution < 1.29 is 0 Å². The molecule has 0 saturated carbocycles. The maximum absolute atomic E-state index is 6.28. The van der Waals surface area contributed by atoms with E-state index in [4.69, 9.17) is 11.6 Å². The van der Waals surface area contributed by atoms with E-state index in [9.17, 15) is 0 Å². The zero-order chi connectivity index (χ0) is 15.0. The molecule has 5 heteroatoms.